The van der Waals surface area contributed by atoms with Crippen LogP contribution in [0.15, 0.2) is 54.6 Å². The molecule has 3 aromatic rings. The maximum atomic E-state index is 12.2. The number of para-hydroxylation sites is 1. The van der Waals surface area contributed by atoms with Crippen molar-refractivity contribution in [2.45, 2.75) is 13.3 Å². The summed E-state index contributed by atoms with van der Waals surface area (Å²) in [6.45, 7) is 2.86. The number of methoxy groups -OCH3 is 2. The van der Waals surface area contributed by atoms with Crippen molar-refractivity contribution in [2.75, 3.05) is 37.9 Å². The molecule has 0 fully saturated rings. The molecule has 0 unspecified atom stereocenters. The van der Waals surface area contributed by atoms with E-state index in [9.17, 15) is 4.79 Å². The molecule has 0 bridgehead atoms. The number of amides is 1. The summed E-state index contributed by atoms with van der Waals surface area (Å²) in [5.41, 5.74) is 2.58. The van der Waals surface area contributed by atoms with Crippen LogP contribution in [0.25, 0.3) is 0 Å². The number of rotatable bonds is 10. The lowest BCUT2D eigenvalue weighted by Gasteiger charge is -2.11. The number of benzene rings is 2. The standard InChI is InChI=1S/C23H27N5O3/c1-16-14-21(27-18-8-10-19(30-2)11-9-18)28-23(26-16)25-13-12-24-22(29)15-17-6-4-5-7-20(17)31-3/h4-11,14H,12-13,15H2,1-3H3,(H,24,29)(H2,25,26,27,28). The number of aryl methyl sites for hydroxylation is 1. The van der Waals surface area contributed by atoms with Crippen LogP contribution < -0.4 is 25.4 Å². The number of anilines is 3. The first kappa shape index (κ1) is 21.9. The van der Waals surface area contributed by atoms with Gasteiger partial charge in [-0.2, -0.15) is 4.98 Å². The maximum Gasteiger partial charge on any atom is 0.224 e. The number of ether oxygens (including phenoxy) is 2. The van der Waals surface area contributed by atoms with Crippen molar-refractivity contribution < 1.29 is 14.3 Å². The molecule has 1 amide bonds. The summed E-state index contributed by atoms with van der Waals surface area (Å²) in [4.78, 5) is 21.1. The highest BCUT2D eigenvalue weighted by atomic mass is 16.5. The first-order chi connectivity index (χ1) is 15.1. The van der Waals surface area contributed by atoms with Crippen molar-refractivity contribution in [3.63, 3.8) is 0 Å². The van der Waals surface area contributed by atoms with Gasteiger partial charge in [0.2, 0.25) is 11.9 Å². The molecule has 162 valence electrons. The van der Waals surface area contributed by atoms with Gasteiger partial charge in [0.25, 0.3) is 0 Å². The summed E-state index contributed by atoms with van der Waals surface area (Å²) in [6.07, 6.45) is 0.265. The number of hydrogen-bond donors (Lipinski definition) is 3. The van der Waals surface area contributed by atoms with Crippen LogP contribution in [-0.2, 0) is 11.2 Å². The van der Waals surface area contributed by atoms with Crippen molar-refractivity contribution in [3.8, 4) is 11.5 Å². The summed E-state index contributed by atoms with van der Waals surface area (Å²) >= 11 is 0. The first-order valence-corrected chi connectivity index (χ1v) is 9.96. The third kappa shape index (κ3) is 6.60. The van der Waals surface area contributed by atoms with Crippen LogP contribution in [0, 0.1) is 6.92 Å². The normalized spacial score (nSPS) is 10.3. The van der Waals surface area contributed by atoms with E-state index in [1.165, 1.54) is 0 Å². The lowest BCUT2D eigenvalue weighted by molar-refractivity contribution is -0.120. The average Bonchev–Trinajstić information content (AvgIpc) is 2.77. The molecular weight excluding hydrogens is 394 g/mol. The quantitative estimate of drug-likeness (QED) is 0.432. The summed E-state index contributed by atoms with van der Waals surface area (Å²) in [5.74, 6) is 2.61. The molecule has 0 saturated carbocycles. The molecule has 0 aliphatic heterocycles. The molecule has 3 rings (SSSR count). The molecule has 0 saturated heterocycles. The summed E-state index contributed by atoms with van der Waals surface area (Å²) < 4.78 is 10.5. The molecule has 8 nitrogen and oxygen atoms in total. The van der Waals surface area contributed by atoms with E-state index in [0.717, 1.165) is 22.7 Å². The van der Waals surface area contributed by atoms with E-state index in [1.54, 1.807) is 14.2 Å². The Labute approximate surface area is 182 Å². The largest absolute Gasteiger partial charge is 0.497 e. The Hall–Kier alpha value is -3.81. The number of carbonyl (C=O) groups is 1. The van der Waals surface area contributed by atoms with Crippen LogP contribution >= 0.6 is 0 Å². The van der Waals surface area contributed by atoms with E-state index in [2.05, 4.69) is 25.9 Å². The number of nitrogens with one attached hydrogen (secondary N) is 3. The van der Waals surface area contributed by atoms with Crippen LogP contribution in [0.5, 0.6) is 11.5 Å². The third-order valence-corrected chi connectivity index (χ3v) is 4.49. The minimum Gasteiger partial charge on any atom is -0.497 e. The molecule has 0 aliphatic rings. The Morgan fingerprint density at radius 3 is 2.48 bits per heavy atom. The zero-order chi connectivity index (χ0) is 22.1. The maximum absolute atomic E-state index is 12.2. The zero-order valence-corrected chi connectivity index (χ0v) is 17.9. The molecule has 0 aliphatic carbocycles. The van der Waals surface area contributed by atoms with Crippen LogP contribution in [0.3, 0.4) is 0 Å². The molecule has 31 heavy (non-hydrogen) atoms. The smallest absolute Gasteiger partial charge is 0.224 e. The van der Waals surface area contributed by atoms with Crippen molar-refractivity contribution in [2.24, 2.45) is 0 Å². The van der Waals surface area contributed by atoms with Gasteiger partial charge in [-0.1, -0.05) is 18.2 Å². The minimum absolute atomic E-state index is 0.0710. The SMILES string of the molecule is COc1ccc(Nc2cc(C)nc(NCCNC(=O)Cc3ccccc3OC)n2)cc1. The third-order valence-electron chi connectivity index (χ3n) is 4.49. The molecule has 2 aromatic carbocycles. The van der Waals surface area contributed by atoms with Gasteiger partial charge in [0.1, 0.15) is 17.3 Å². The zero-order valence-electron chi connectivity index (χ0n) is 17.9. The monoisotopic (exact) mass is 421 g/mol. The number of nitrogens with zero attached hydrogens (tertiary/aromatic N) is 2. The van der Waals surface area contributed by atoms with Crippen molar-refractivity contribution in [1.82, 2.24) is 15.3 Å². The fraction of sp³-hybridized carbons (Fsp3) is 0.261. The van der Waals surface area contributed by atoms with Gasteiger partial charge in [0.05, 0.1) is 20.6 Å². The van der Waals surface area contributed by atoms with E-state index in [0.29, 0.717) is 30.6 Å². The second-order valence-corrected chi connectivity index (χ2v) is 6.84. The Bertz CT molecular complexity index is 1010. The van der Waals surface area contributed by atoms with Gasteiger partial charge in [-0.05, 0) is 37.3 Å². The van der Waals surface area contributed by atoms with Crippen LogP contribution in [0.1, 0.15) is 11.3 Å². The Morgan fingerprint density at radius 2 is 1.74 bits per heavy atom. The molecule has 0 atom stereocenters. The Morgan fingerprint density at radius 1 is 0.968 bits per heavy atom. The number of hydrogen-bond acceptors (Lipinski definition) is 7. The van der Waals surface area contributed by atoms with Crippen LogP contribution in [0.2, 0.25) is 0 Å². The van der Waals surface area contributed by atoms with Crippen LogP contribution in [-0.4, -0.2) is 43.2 Å². The lowest BCUT2D eigenvalue weighted by atomic mass is 10.1. The molecule has 0 radical (unpaired) electrons. The van der Waals surface area contributed by atoms with Gasteiger partial charge in [-0.25, -0.2) is 4.98 Å². The molecule has 1 aromatic heterocycles. The van der Waals surface area contributed by atoms with E-state index in [4.69, 9.17) is 9.47 Å². The number of carbonyl (C=O) groups excluding carboxylic acids is 1. The average molecular weight is 422 g/mol. The second-order valence-electron chi connectivity index (χ2n) is 6.84. The van der Waals surface area contributed by atoms with Gasteiger partial charge in [0, 0.05) is 36.1 Å². The van der Waals surface area contributed by atoms with E-state index >= 15 is 0 Å². The first-order valence-electron chi connectivity index (χ1n) is 9.96. The van der Waals surface area contributed by atoms with Gasteiger partial charge >= 0.3 is 0 Å². The topological polar surface area (TPSA) is 97.4 Å². The molecule has 0 spiro atoms. The van der Waals surface area contributed by atoms with Gasteiger partial charge < -0.3 is 25.4 Å². The lowest BCUT2D eigenvalue weighted by Crippen LogP contribution is -2.30. The minimum atomic E-state index is -0.0710. The molecular formula is C23H27N5O3. The Balaban J connectivity index is 1.49. The Kier molecular flexibility index (Phi) is 7.64. The van der Waals surface area contributed by atoms with E-state index in [1.807, 2.05) is 61.5 Å². The second kappa shape index (κ2) is 10.8. The van der Waals surface area contributed by atoms with E-state index < -0.39 is 0 Å². The van der Waals surface area contributed by atoms with Gasteiger partial charge in [-0.15, -0.1) is 0 Å². The highest BCUT2D eigenvalue weighted by Gasteiger charge is 2.08. The molecule has 1 heterocycles. The highest BCUT2D eigenvalue weighted by molar-refractivity contribution is 5.79. The van der Waals surface area contributed by atoms with Crippen LogP contribution in [0.4, 0.5) is 17.5 Å². The van der Waals surface area contributed by atoms with Crippen molar-refractivity contribution in [1.29, 1.82) is 0 Å². The predicted molar refractivity (Wildman–Crippen MR) is 121 cm³/mol. The summed E-state index contributed by atoms with van der Waals surface area (Å²) in [6, 6.07) is 17.0. The summed E-state index contributed by atoms with van der Waals surface area (Å²) in [5, 5.41) is 9.30. The number of aromatic nitrogens is 2. The van der Waals surface area contributed by atoms with Gasteiger partial charge in [-0.3, -0.25) is 4.79 Å². The fourth-order valence-electron chi connectivity index (χ4n) is 2.99. The molecule has 3 N–H and O–H groups in total. The van der Waals surface area contributed by atoms with Crippen molar-refractivity contribution in [3.05, 3.63) is 65.9 Å². The summed E-state index contributed by atoms with van der Waals surface area (Å²) in [7, 11) is 3.23. The van der Waals surface area contributed by atoms with E-state index in [-0.39, 0.29) is 12.3 Å². The predicted octanol–water partition coefficient (Wildman–Crippen LogP) is 3.32. The van der Waals surface area contributed by atoms with Crippen molar-refractivity contribution >= 4 is 23.4 Å². The van der Waals surface area contributed by atoms with Gasteiger partial charge in [0.15, 0.2) is 0 Å². The fourth-order valence-corrected chi connectivity index (χ4v) is 2.99. The highest BCUT2D eigenvalue weighted by Crippen LogP contribution is 2.20. The molecule has 8 heteroatoms.